The van der Waals surface area contributed by atoms with Crippen molar-refractivity contribution in [1.29, 1.82) is 0 Å². The highest BCUT2D eigenvalue weighted by molar-refractivity contribution is 5.77. The van der Waals surface area contributed by atoms with Gasteiger partial charge in [-0.1, -0.05) is 0 Å². The van der Waals surface area contributed by atoms with Gasteiger partial charge in [-0.3, -0.25) is 4.79 Å². The van der Waals surface area contributed by atoms with E-state index in [1.54, 1.807) is 0 Å². The maximum atomic E-state index is 12.0. The van der Waals surface area contributed by atoms with Gasteiger partial charge < -0.3 is 25.4 Å². The summed E-state index contributed by atoms with van der Waals surface area (Å²) in [7, 11) is 1.53. The van der Waals surface area contributed by atoms with Gasteiger partial charge in [-0.15, -0.1) is 0 Å². The summed E-state index contributed by atoms with van der Waals surface area (Å²) in [6.45, 7) is 3.01. The van der Waals surface area contributed by atoms with Gasteiger partial charge in [0.15, 0.2) is 0 Å². The second-order valence-electron chi connectivity index (χ2n) is 6.49. The van der Waals surface area contributed by atoms with Crippen molar-refractivity contribution in [1.82, 2.24) is 14.9 Å². The molecule has 24 heavy (non-hydrogen) atoms. The van der Waals surface area contributed by atoms with Crippen LogP contribution in [0, 0.1) is 0 Å². The van der Waals surface area contributed by atoms with Gasteiger partial charge in [0.05, 0.1) is 11.8 Å². The summed E-state index contributed by atoms with van der Waals surface area (Å²) < 4.78 is 4.93. The number of aromatic nitrogens is 2. The summed E-state index contributed by atoms with van der Waals surface area (Å²) in [4.78, 5) is 24.7. The number of hydrogen-bond acceptors (Lipinski definition) is 7. The van der Waals surface area contributed by atoms with E-state index in [-0.39, 0.29) is 30.5 Å². The quantitative estimate of drug-likeness (QED) is 0.797. The molecule has 1 aliphatic heterocycles. The first-order chi connectivity index (χ1) is 11.6. The fraction of sp³-hybridized carbons (Fsp3) is 0.688. The van der Waals surface area contributed by atoms with Crippen LogP contribution in [0.1, 0.15) is 30.9 Å². The third kappa shape index (κ3) is 3.76. The number of hydrogen-bond donors (Lipinski definition) is 2. The van der Waals surface area contributed by atoms with Crippen LogP contribution >= 0.6 is 0 Å². The summed E-state index contributed by atoms with van der Waals surface area (Å²) in [5.74, 6) is 1.35. The minimum atomic E-state index is -0.229. The molecular formula is C16H25N5O3. The molecule has 132 valence electrons. The van der Waals surface area contributed by atoms with Gasteiger partial charge in [0.1, 0.15) is 12.4 Å². The SMILES string of the molecule is COCC(=O)N1CCCN(c2cc(C3CC(O)C3)nc(N)n2)CC1. The van der Waals surface area contributed by atoms with E-state index in [1.807, 2.05) is 11.0 Å². The minimum absolute atomic E-state index is 0.0192. The van der Waals surface area contributed by atoms with E-state index in [0.717, 1.165) is 43.9 Å². The zero-order chi connectivity index (χ0) is 17.1. The van der Waals surface area contributed by atoms with E-state index in [9.17, 15) is 9.90 Å². The number of aliphatic hydroxyl groups is 1. The van der Waals surface area contributed by atoms with E-state index in [2.05, 4.69) is 14.9 Å². The molecule has 0 bridgehead atoms. The number of amides is 1. The maximum absolute atomic E-state index is 12.0. The predicted molar refractivity (Wildman–Crippen MR) is 89.7 cm³/mol. The Labute approximate surface area is 141 Å². The second kappa shape index (κ2) is 7.31. The zero-order valence-electron chi connectivity index (χ0n) is 14.0. The number of ether oxygens (including phenoxy) is 1. The third-order valence-electron chi connectivity index (χ3n) is 4.72. The molecule has 1 aromatic heterocycles. The number of methoxy groups -OCH3 is 1. The fourth-order valence-electron chi connectivity index (χ4n) is 3.28. The Bertz CT molecular complexity index is 591. The molecule has 8 heteroatoms. The van der Waals surface area contributed by atoms with Gasteiger partial charge in [-0.05, 0) is 19.3 Å². The van der Waals surface area contributed by atoms with Gasteiger partial charge in [-0.25, -0.2) is 4.98 Å². The van der Waals surface area contributed by atoms with Crippen LogP contribution in [0.5, 0.6) is 0 Å². The average molecular weight is 335 g/mol. The molecule has 3 rings (SSSR count). The lowest BCUT2D eigenvalue weighted by molar-refractivity contribution is -0.134. The topological polar surface area (TPSA) is 105 Å². The van der Waals surface area contributed by atoms with Crippen LogP contribution in [0.2, 0.25) is 0 Å². The molecule has 0 unspecified atom stereocenters. The van der Waals surface area contributed by atoms with Gasteiger partial charge in [0, 0.05) is 45.3 Å². The van der Waals surface area contributed by atoms with Crippen LogP contribution in [0.25, 0.3) is 0 Å². The summed E-state index contributed by atoms with van der Waals surface area (Å²) >= 11 is 0. The van der Waals surface area contributed by atoms with Crippen molar-refractivity contribution in [3.05, 3.63) is 11.8 Å². The van der Waals surface area contributed by atoms with Crippen LogP contribution in [-0.4, -0.2) is 71.9 Å². The number of carbonyl (C=O) groups is 1. The molecule has 1 saturated carbocycles. The molecule has 1 aliphatic carbocycles. The first kappa shape index (κ1) is 16.9. The van der Waals surface area contributed by atoms with Crippen LogP contribution in [0.3, 0.4) is 0 Å². The van der Waals surface area contributed by atoms with E-state index in [0.29, 0.717) is 13.1 Å². The van der Waals surface area contributed by atoms with E-state index < -0.39 is 0 Å². The van der Waals surface area contributed by atoms with Crippen molar-refractivity contribution in [2.75, 3.05) is 50.5 Å². The number of carbonyl (C=O) groups excluding carboxylic acids is 1. The van der Waals surface area contributed by atoms with Crippen LogP contribution in [0.15, 0.2) is 6.07 Å². The molecule has 2 heterocycles. The van der Waals surface area contributed by atoms with Gasteiger partial charge in [0.2, 0.25) is 11.9 Å². The Morgan fingerprint density at radius 3 is 2.83 bits per heavy atom. The fourth-order valence-corrected chi connectivity index (χ4v) is 3.28. The lowest BCUT2D eigenvalue weighted by atomic mass is 9.80. The van der Waals surface area contributed by atoms with Crippen LogP contribution in [0.4, 0.5) is 11.8 Å². The zero-order valence-corrected chi connectivity index (χ0v) is 14.0. The summed E-state index contributed by atoms with van der Waals surface area (Å²) in [6.07, 6.45) is 2.11. The lowest BCUT2D eigenvalue weighted by Crippen LogP contribution is -2.37. The summed E-state index contributed by atoms with van der Waals surface area (Å²) in [6, 6.07) is 1.97. The molecule has 1 saturated heterocycles. The summed E-state index contributed by atoms with van der Waals surface area (Å²) in [5, 5.41) is 9.50. The molecule has 1 aromatic rings. The Morgan fingerprint density at radius 2 is 2.12 bits per heavy atom. The number of aliphatic hydroxyl groups excluding tert-OH is 1. The largest absolute Gasteiger partial charge is 0.393 e. The highest BCUT2D eigenvalue weighted by atomic mass is 16.5. The molecule has 1 amide bonds. The highest BCUT2D eigenvalue weighted by Crippen LogP contribution is 2.37. The Balaban J connectivity index is 1.69. The molecule has 3 N–H and O–H groups in total. The Morgan fingerprint density at radius 1 is 1.33 bits per heavy atom. The van der Waals surface area contributed by atoms with Crippen molar-refractivity contribution >= 4 is 17.7 Å². The molecule has 8 nitrogen and oxygen atoms in total. The third-order valence-corrected chi connectivity index (χ3v) is 4.72. The predicted octanol–water partition coefficient (Wildman–Crippen LogP) is -0.0178. The Kier molecular flexibility index (Phi) is 5.15. The minimum Gasteiger partial charge on any atom is -0.393 e. The molecule has 2 aliphatic rings. The number of nitrogens with two attached hydrogens (primary N) is 1. The second-order valence-corrected chi connectivity index (χ2v) is 6.49. The van der Waals surface area contributed by atoms with Crippen molar-refractivity contribution in [3.8, 4) is 0 Å². The first-order valence-corrected chi connectivity index (χ1v) is 8.41. The van der Waals surface area contributed by atoms with Crippen molar-refractivity contribution < 1.29 is 14.6 Å². The van der Waals surface area contributed by atoms with Crippen molar-refractivity contribution in [3.63, 3.8) is 0 Å². The molecule has 2 fully saturated rings. The van der Waals surface area contributed by atoms with Gasteiger partial charge >= 0.3 is 0 Å². The average Bonchev–Trinajstić information content (AvgIpc) is 2.77. The smallest absolute Gasteiger partial charge is 0.248 e. The monoisotopic (exact) mass is 335 g/mol. The normalized spacial score (nSPS) is 24.4. The number of nitrogens with zero attached hydrogens (tertiary/aromatic N) is 4. The molecule has 0 spiro atoms. The first-order valence-electron chi connectivity index (χ1n) is 8.41. The van der Waals surface area contributed by atoms with Crippen molar-refractivity contribution in [2.24, 2.45) is 0 Å². The number of rotatable bonds is 4. The lowest BCUT2D eigenvalue weighted by Gasteiger charge is -2.31. The molecule has 0 atom stereocenters. The molecule has 0 radical (unpaired) electrons. The number of anilines is 2. The Hall–Kier alpha value is -1.93. The highest BCUT2D eigenvalue weighted by Gasteiger charge is 2.30. The standard InChI is InChI=1S/C16H25N5O3/c1-24-10-15(23)21-4-2-3-20(5-6-21)14-9-13(18-16(17)19-14)11-7-12(22)8-11/h9,11-12,22H,2-8,10H2,1H3,(H2,17,18,19). The van der Waals surface area contributed by atoms with Crippen LogP contribution in [-0.2, 0) is 9.53 Å². The van der Waals surface area contributed by atoms with Gasteiger partial charge in [-0.2, -0.15) is 4.98 Å². The van der Waals surface area contributed by atoms with Crippen molar-refractivity contribution in [2.45, 2.75) is 31.3 Å². The van der Waals surface area contributed by atoms with E-state index in [1.165, 1.54) is 7.11 Å². The number of nitrogen functional groups attached to an aromatic ring is 1. The van der Waals surface area contributed by atoms with Gasteiger partial charge in [0.25, 0.3) is 0 Å². The maximum Gasteiger partial charge on any atom is 0.248 e. The molecular weight excluding hydrogens is 310 g/mol. The van der Waals surface area contributed by atoms with E-state index in [4.69, 9.17) is 10.5 Å². The van der Waals surface area contributed by atoms with Crippen LogP contribution < -0.4 is 10.6 Å². The summed E-state index contributed by atoms with van der Waals surface area (Å²) in [5.41, 5.74) is 6.78. The van der Waals surface area contributed by atoms with E-state index >= 15 is 0 Å². The molecule has 0 aromatic carbocycles.